The number of hydrogen-bond donors (Lipinski definition) is 2. The van der Waals surface area contributed by atoms with E-state index in [1.165, 1.54) is 30.3 Å². The Hall–Kier alpha value is -3.89. The molecule has 35 heavy (non-hydrogen) atoms. The number of sulfonamides is 1. The number of anilines is 1. The van der Waals surface area contributed by atoms with Crippen LogP contribution in [0.3, 0.4) is 0 Å². The van der Waals surface area contributed by atoms with Crippen LogP contribution >= 0.6 is 0 Å². The van der Waals surface area contributed by atoms with Gasteiger partial charge in [-0.15, -0.1) is 0 Å². The Bertz CT molecular complexity index is 1610. The first-order valence-corrected chi connectivity index (χ1v) is 13.4. The van der Waals surface area contributed by atoms with Gasteiger partial charge in [0.15, 0.2) is 5.75 Å². The Labute approximate surface area is 203 Å². The van der Waals surface area contributed by atoms with Crippen molar-refractivity contribution in [2.24, 2.45) is 0 Å². The highest BCUT2D eigenvalue weighted by atomic mass is 32.2. The summed E-state index contributed by atoms with van der Waals surface area (Å²) in [5.74, 6) is 0.0689. The Morgan fingerprint density at radius 2 is 1.23 bits per heavy atom. The minimum Gasteiger partial charge on any atom is -0.378 e. The molecule has 0 aromatic heterocycles. The highest BCUT2D eigenvalue weighted by Gasteiger charge is 2.20. The van der Waals surface area contributed by atoms with Crippen LogP contribution in [0.5, 0.6) is 5.75 Å². The number of nitrogens with one attached hydrogen (secondary N) is 2. The predicted molar refractivity (Wildman–Crippen MR) is 133 cm³/mol. The molecule has 0 bridgehead atoms. The van der Waals surface area contributed by atoms with Crippen LogP contribution in [0, 0.1) is 13.8 Å². The number of carbonyl (C=O) groups excluding carboxylic acids is 1. The molecule has 4 aromatic rings. The van der Waals surface area contributed by atoms with Crippen LogP contribution < -0.4 is 14.2 Å². The van der Waals surface area contributed by atoms with E-state index in [1.807, 2.05) is 18.6 Å². The van der Waals surface area contributed by atoms with Crippen LogP contribution in [-0.4, -0.2) is 22.9 Å². The summed E-state index contributed by atoms with van der Waals surface area (Å²) in [6.07, 6.45) is 0. The topological polar surface area (TPSA) is 119 Å². The number of hydrogen-bond acceptors (Lipinski definition) is 6. The zero-order chi connectivity index (χ0) is 25.2. The third-order valence-electron chi connectivity index (χ3n) is 5.20. The van der Waals surface area contributed by atoms with Crippen molar-refractivity contribution in [3.8, 4) is 5.75 Å². The van der Waals surface area contributed by atoms with Gasteiger partial charge in [-0.25, -0.2) is 17.9 Å². The van der Waals surface area contributed by atoms with E-state index in [2.05, 4.69) is 5.32 Å². The minimum atomic E-state index is -4.09. The van der Waals surface area contributed by atoms with Crippen LogP contribution in [0.2, 0.25) is 0 Å². The highest BCUT2D eigenvalue weighted by molar-refractivity contribution is 7.90. The molecule has 0 aliphatic carbocycles. The second-order valence-electron chi connectivity index (χ2n) is 7.88. The maximum Gasteiger partial charge on any atom is 0.339 e. The van der Waals surface area contributed by atoms with Gasteiger partial charge in [0.2, 0.25) is 0 Å². The first kappa shape index (κ1) is 24.2. The summed E-state index contributed by atoms with van der Waals surface area (Å²) in [5, 5.41) is 3.40. The Kier molecular flexibility index (Phi) is 6.51. The summed E-state index contributed by atoms with van der Waals surface area (Å²) in [6, 6.07) is 20.9. The third-order valence-corrected chi connectivity index (χ3v) is 7.79. The van der Waals surface area contributed by atoms with Crippen molar-refractivity contribution in [2.45, 2.75) is 23.6 Å². The van der Waals surface area contributed by atoms with Gasteiger partial charge in [0.25, 0.3) is 10.0 Å². The van der Waals surface area contributed by atoms with E-state index in [1.54, 1.807) is 54.6 Å². The summed E-state index contributed by atoms with van der Waals surface area (Å²) in [4.78, 5) is 12.5. The third kappa shape index (κ3) is 5.44. The van der Waals surface area contributed by atoms with Gasteiger partial charge in [-0.2, -0.15) is 8.42 Å². The maximum atomic E-state index is 12.8. The van der Waals surface area contributed by atoms with Gasteiger partial charge >= 0.3 is 16.1 Å². The lowest BCUT2D eigenvalue weighted by Crippen LogP contribution is -2.34. The lowest BCUT2D eigenvalue weighted by atomic mass is 10.1. The molecule has 4 aromatic carbocycles. The van der Waals surface area contributed by atoms with Gasteiger partial charge in [0, 0.05) is 10.8 Å². The molecular formula is C25H22N2O6S2. The Morgan fingerprint density at radius 1 is 0.686 bits per heavy atom. The van der Waals surface area contributed by atoms with E-state index in [-0.39, 0.29) is 21.2 Å². The van der Waals surface area contributed by atoms with Crippen molar-refractivity contribution in [1.29, 1.82) is 0 Å². The molecule has 0 unspecified atom stereocenters. The van der Waals surface area contributed by atoms with Crippen LogP contribution in [-0.2, 0) is 20.1 Å². The summed E-state index contributed by atoms with van der Waals surface area (Å²) in [5.41, 5.74) is 2.07. The van der Waals surface area contributed by atoms with Gasteiger partial charge in [0.05, 0.1) is 10.6 Å². The van der Waals surface area contributed by atoms with Gasteiger partial charge in [-0.3, -0.25) is 0 Å². The number of aryl methyl sites for hydroxylation is 2. The molecule has 180 valence electrons. The van der Waals surface area contributed by atoms with E-state index in [4.69, 9.17) is 4.18 Å². The summed E-state index contributed by atoms with van der Waals surface area (Å²) >= 11 is 0. The van der Waals surface area contributed by atoms with E-state index in [0.29, 0.717) is 10.8 Å². The van der Waals surface area contributed by atoms with E-state index >= 15 is 0 Å². The number of fused-ring (bicyclic) bond motifs is 1. The molecule has 0 aliphatic heterocycles. The average Bonchev–Trinajstić information content (AvgIpc) is 2.80. The lowest BCUT2D eigenvalue weighted by Gasteiger charge is -2.13. The van der Waals surface area contributed by atoms with Gasteiger partial charge in [-0.1, -0.05) is 59.7 Å². The molecule has 0 spiro atoms. The second-order valence-corrected chi connectivity index (χ2v) is 11.1. The molecule has 0 fully saturated rings. The monoisotopic (exact) mass is 510 g/mol. The first-order valence-electron chi connectivity index (χ1n) is 10.5. The van der Waals surface area contributed by atoms with Crippen LogP contribution in [0.25, 0.3) is 10.8 Å². The van der Waals surface area contributed by atoms with Crippen molar-refractivity contribution >= 4 is 42.6 Å². The van der Waals surface area contributed by atoms with Crippen LogP contribution in [0.1, 0.15) is 11.1 Å². The smallest absolute Gasteiger partial charge is 0.339 e. The Balaban J connectivity index is 1.59. The quantitative estimate of drug-likeness (QED) is 0.362. The maximum absolute atomic E-state index is 12.8. The molecular weight excluding hydrogens is 488 g/mol. The standard InChI is InChI=1S/C25H22N2O6S2/c1-17-9-13-19(14-10-17)34(29,30)27-25(28)26-23-7-3-6-22-21(23)5-4-8-24(22)33-35(31,32)20-15-11-18(2)12-16-20/h3-16H,1-2H3,(H2,26,27,28). The fourth-order valence-corrected chi connectivity index (χ4v) is 5.23. The van der Waals surface area contributed by atoms with Crippen molar-refractivity contribution in [3.05, 3.63) is 96.1 Å². The minimum absolute atomic E-state index is 0.00933. The molecule has 8 nitrogen and oxygen atoms in total. The molecule has 0 saturated carbocycles. The van der Waals surface area contributed by atoms with Gasteiger partial charge in [-0.05, 0) is 50.2 Å². The van der Waals surface area contributed by atoms with Gasteiger partial charge < -0.3 is 9.50 Å². The fraction of sp³-hybridized carbons (Fsp3) is 0.0800. The number of urea groups is 1. The molecule has 0 aliphatic rings. The van der Waals surface area contributed by atoms with E-state index < -0.39 is 26.2 Å². The molecule has 0 saturated heterocycles. The largest absolute Gasteiger partial charge is 0.378 e. The van der Waals surface area contributed by atoms with Crippen LogP contribution in [0.15, 0.2) is 94.7 Å². The SMILES string of the molecule is Cc1ccc(S(=O)(=O)NC(=O)Nc2cccc3c(OS(=O)(=O)c4ccc(C)cc4)cccc23)cc1. The van der Waals surface area contributed by atoms with Crippen LogP contribution in [0.4, 0.5) is 10.5 Å². The van der Waals surface area contributed by atoms with Crippen molar-refractivity contribution in [1.82, 2.24) is 4.72 Å². The fourth-order valence-electron chi connectivity index (χ4n) is 3.38. The summed E-state index contributed by atoms with van der Waals surface area (Å²) in [7, 11) is -8.18. The molecule has 0 atom stereocenters. The van der Waals surface area contributed by atoms with Crippen molar-refractivity contribution in [2.75, 3.05) is 5.32 Å². The average molecular weight is 511 g/mol. The molecule has 2 N–H and O–H groups in total. The number of carbonyl (C=O) groups is 1. The van der Waals surface area contributed by atoms with Gasteiger partial charge in [0.1, 0.15) is 4.90 Å². The predicted octanol–water partition coefficient (Wildman–Crippen LogP) is 4.73. The first-order chi connectivity index (χ1) is 16.5. The zero-order valence-electron chi connectivity index (χ0n) is 18.8. The lowest BCUT2D eigenvalue weighted by molar-refractivity contribution is 0.256. The summed E-state index contributed by atoms with van der Waals surface area (Å²) < 4.78 is 57.9. The van der Waals surface area contributed by atoms with E-state index in [9.17, 15) is 21.6 Å². The molecule has 0 radical (unpaired) electrons. The normalized spacial score (nSPS) is 11.7. The zero-order valence-corrected chi connectivity index (χ0v) is 20.5. The molecule has 10 heteroatoms. The van der Waals surface area contributed by atoms with Crippen molar-refractivity contribution < 1.29 is 25.8 Å². The number of rotatable bonds is 6. The van der Waals surface area contributed by atoms with Crippen molar-refractivity contribution in [3.63, 3.8) is 0 Å². The molecule has 2 amide bonds. The number of amides is 2. The summed E-state index contributed by atoms with van der Waals surface area (Å²) in [6.45, 7) is 3.67. The number of benzene rings is 4. The Morgan fingerprint density at radius 3 is 1.86 bits per heavy atom. The second kappa shape index (κ2) is 9.40. The molecule has 0 heterocycles. The molecule has 4 rings (SSSR count). The van der Waals surface area contributed by atoms with E-state index in [0.717, 1.165) is 11.1 Å². The highest BCUT2D eigenvalue weighted by Crippen LogP contribution is 2.32.